The minimum Gasteiger partial charge on any atom is -0.354 e. The highest BCUT2D eigenvalue weighted by molar-refractivity contribution is 7.92. The predicted octanol–water partition coefficient (Wildman–Crippen LogP) is 4.79. The largest absolute Gasteiger partial charge is 0.354 e. The third-order valence-electron chi connectivity index (χ3n) is 5.62. The third kappa shape index (κ3) is 8.40. The standard InChI is InChI=1S/C25H33Cl2N3O4S/c1-5-14-28-25(32)19(3)29(17-20-9-6-10-21(26)16-20)24(31)13-8-15-30(35(4,33)34)23-12-7-11-22(27)18(23)2/h6-7,9-12,16,19H,5,8,13-15,17H2,1-4H3,(H,28,32)/t19-/m0/s1. The van der Waals surface area contributed by atoms with Gasteiger partial charge in [-0.05, 0) is 62.1 Å². The van der Waals surface area contributed by atoms with E-state index in [0.717, 1.165) is 18.2 Å². The predicted molar refractivity (Wildman–Crippen MR) is 142 cm³/mol. The van der Waals surface area contributed by atoms with Gasteiger partial charge in [0, 0.05) is 36.1 Å². The normalized spacial score (nSPS) is 12.2. The first-order valence-corrected chi connectivity index (χ1v) is 14.1. The number of benzene rings is 2. The number of sulfonamides is 1. The molecule has 0 radical (unpaired) electrons. The van der Waals surface area contributed by atoms with Crippen LogP contribution in [0.2, 0.25) is 10.0 Å². The summed E-state index contributed by atoms with van der Waals surface area (Å²) in [6.07, 6.45) is 2.25. The van der Waals surface area contributed by atoms with E-state index in [4.69, 9.17) is 23.2 Å². The Hall–Kier alpha value is -2.29. The van der Waals surface area contributed by atoms with Crippen LogP contribution in [0.25, 0.3) is 0 Å². The van der Waals surface area contributed by atoms with E-state index in [1.165, 1.54) is 9.21 Å². The number of carbonyl (C=O) groups excluding carboxylic acids is 2. The third-order valence-corrected chi connectivity index (χ3v) is 7.44. The van der Waals surface area contributed by atoms with E-state index >= 15 is 0 Å². The van der Waals surface area contributed by atoms with Gasteiger partial charge in [-0.3, -0.25) is 13.9 Å². The van der Waals surface area contributed by atoms with Crippen molar-refractivity contribution in [1.29, 1.82) is 0 Å². The number of carbonyl (C=O) groups is 2. The molecule has 0 aliphatic carbocycles. The lowest BCUT2D eigenvalue weighted by atomic mass is 10.1. The highest BCUT2D eigenvalue weighted by Crippen LogP contribution is 2.28. The molecule has 2 rings (SSSR count). The second-order valence-electron chi connectivity index (χ2n) is 8.44. The fourth-order valence-electron chi connectivity index (χ4n) is 3.66. The maximum Gasteiger partial charge on any atom is 0.242 e. The average molecular weight is 543 g/mol. The van der Waals surface area contributed by atoms with Gasteiger partial charge in [0.2, 0.25) is 21.8 Å². The lowest BCUT2D eigenvalue weighted by Crippen LogP contribution is -2.47. The average Bonchev–Trinajstić information content (AvgIpc) is 2.79. The quantitative estimate of drug-likeness (QED) is 0.418. The lowest BCUT2D eigenvalue weighted by Gasteiger charge is -2.29. The van der Waals surface area contributed by atoms with E-state index in [9.17, 15) is 18.0 Å². The number of nitrogens with one attached hydrogen (secondary N) is 1. The molecule has 0 saturated heterocycles. The maximum absolute atomic E-state index is 13.3. The van der Waals surface area contributed by atoms with Gasteiger partial charge in [-0.2, -0.15) is 0 Å². The van der Waals surface area contributed by atoms with Crippen LogP contribution in [0.5, 0.6) is 0 Å². The zero-order valence-electron chi connectivity index (χ0n) is 20.6. The van der Waals surface area contributed by atoms with Crippen molar-refractivity contribution in [3.8, 4) is 0 Å². The monoisotopic (exact) mass is 541 g/mol. The Kier molecular flexibility index (Phi) is 10.9. The summed E-state index contributed by atoms with van der Waals surface area (Å²) in [7, 11) is -3.60. The highest BCUT2D eigenvalue weighted by Gasteiger charge is 2.27. The van der Waals surface area contributed by atoms with Gasteiger partial charge < -0.3 is 10.2 Å². The van der Waals surface area contributed by atoms with Gasteiger partial charge >= 0.3 is 0 Å². The van der Waals surface area contributed by atoms with E-state index in [1.807, 2.05) is 13.0 Å². The number of rotatable bonds is 12. The van der Waals surface area contributed by atoms with E-state index < -0.39 is 16.1 Å². The van der Waals surface area contributed by atoms with Crippen molar-refractivity contribution in [3.05, 3.63) is 63.6 Å². The second-order valence-corrected chi connectivity index (χ2v) is 11.2. The Labute approximate surface area is 218 Å². The van der Waals surface area contributed by atoms with Crippen molar-refractivity contribution in [1.82, 2.24) is 10.2 Å². The fourth-order valence-corrected chi connectivity index (χ4v) is 5.06. The SMILES string of the molecule is CCCNC(=O)[C@H](C)N(Cc1cccc(Cl)c1)C(=O)CCCN(c1cccc(Cl)c1C)S(C)(=O)=O. The van der Waals surface area contributed by atoms with Crippen LogP contribution in [0.1, 0.15) is 44.2 Å². The molecule has 2 aromatic rings. The summed E-state index contributed by atoms with van der Waals surface area (Å²) < 4.78 is 26.3. The Balaban J connectivity index is 2.19. The zero-order valence-corrected chi connectivity index (χ0v) is 22.9. The second kappa shape index (κ2) is 13.1. The first kappa shape index (κ1) is 28.9. The summed E-state index contributed by atoms with van der Waals surface area (Å²) >= 11 is 12.3. The van der Waals surface area contributed by atoms with E-state index in [2.05, 4.69) is 5.32 Å². The summed E-state index contributed by atoms with van der Waals surface area (Å²) in [5, 5.41) is 3.84. The van der Waals surface area contributed by atoms with Crippen molar-refractivity contribution in [3.63, 3.8) is 0 Å². The van der Waals surface area contributed by atoms with Gasteiger partial charge in [0.15, 0.2) is 0 Å². The first-order valence-electron chi connectivity index (χ1n) is 11.5. The van der Waals surface area contributed by atoms with Gasteiger partial charge in [-0.15, -0.1) is 0 Å². The molecule has 0 unspecified atom stereocenters. The van der Waals surface area contributed by atoms with Crippen molar-refractivity contribution in [2.24, 2.45) is 0 Å². The summed E-state index contributed by atoms with van der Waals surface area (Å²) in [4.78, 5) is 27.4. The summed E-state index contributed by atoms with van der Waals surface area (Å²) in [5.41, 5.74) is 1.93. The number of amides is 2. The van der Waals surface area contributed by atoms with Gasteiger partial charge in [0.25, 0.3) is 0 Å². The van der Waals surface area contributed by atoms with Gasteiger partial charge in [0.1, 0.15) is 6.04 Å². The number of nitrogens with zero attached hydrogens (tertiary/aromatic N) is 2. The molecular weight excluding hydrogens is 509 g/mol. The number of anilines is 1. The number of halogens is 2. The molecule has 2 amide bonds. The molecule has 0 aliphatic heterocycles. The van der Waals surface area contributed by atoms with Crippen molar-refractivity contribution in [2.45, 2.75) is 52.6 Å². The van der Waals surface area contributed by atoms with Crippen LogP contribution in [0.4, 0.5) is 5.69 Å². The number of hydrogen-bond acceptors (Lipinski definition) is 4. The first-order chi connectivity index (χ1) is 16.5. The molecule has 0 aliphatic rings. The molecule has 35 heavy (non-hydrogen) atoms. The molecule has 1 N–H and O–H groups in total. The molecule has 2 aromatic carbocycles. The number of hydrogen-bond donors (Lipinski definition) is 1. The molecule has 0 aromatic heterocycles. The molecule has 0 bridgehead atoms. The maximum atomic E-state index is 13.3. The molecule has 0 spiro atoms. The van der Waals surface area contributed by atoms with E-state index in [-0.39, 0.29) is 37.7 Å². The summed E-state index contributed by atoms with van der Waals surface area (Å²) in [5.74, 6) is -0.491. The molecule has 7 nitrogen and oxygen atoms in total. The van der Waals surface area contributed by atoms with Crippen LogP contribution >= 0.6 is 23.2 Å². The Bertz CT molecular complexity index is 1140. The summed E-state index contributed by atoms with van der Waals surface area (Å²) in [6.45, 7) is 6.23. The highest BCUT2D eigenvalue weighted by atomic mass is 35.5. The molecule has 0 heterocycles. The van der Waals surface area contributed by atoms with Gasteiger partial charge in [-0.1, -0.05) is 48.3 Å². The molecule has 192 valence electrons. The van der Waals surface area contributed by atoms with Crippen molar-refractivity contribution in [2.75, 3.05) is 23.7 Å². The Morgan fingerprint density at radius 1 is 1.11 bits per heavy atom. The van der Waals surface area contributed by atoms with Crippen LogP contribution in [0.15, 0.2) is 42.5 Å². The van der Waals surface area contributed by atoms with Crippen LogP contribution in [0.3, 0.4) is 0 Å². The topological polar surface area (TPSA) is 86.8 Å². The van der Waals surface area contributed by atoms with Crippen molar-refractivity contribution < 1.29 is 18.0 Å². The Morgan fingerprint density at radius 2 is 1.80 bits per heavy atom. The van der Waals surface area contributed by atoms with E-state index in [1.54, 1.807) is 50.2 Å². The van der Waals surface area contributed by atoms with Crippen LogP contribution < -0.4 is 9.62 Å². The molecule has 0 fully saturated rings. The molecular formula is C25H33Cl2N3O4S. The van der Waals surface area contributed by atoms with Crippen LogP contribution in [-0.2, 0) is 26.2 Å². The smallest absolute Gasteiger partial charge is 0.242 e. The van der Waals surface area contributed by atoms with Gasteiger partial charge in [0.05, 0.1) is 11.9 Å². The minimum absolute atomic E-state index is 0.0671. The van der Waals surface area contributed by atoms with E-state index in [0.29, 0.717) is 27.8 Å². The Morgan fingerprint density at radius 3 is 2.43 bits per heavy atom. The summed E-state index contributed by atoms with van der Waals surface area (Å²) in [6, 6.07) is 11.5. The lowest BCUT2D eigenvalue weighted by molar-refractivity contribution is -0.140. The fraction of sp³-hybridized carbons (Fsp3) is 0.440. The van der Waals surface area contributed by atoms with Crippen LogP contribution in [-0.4, -0.2) is 50.5 Å². The molecule has 1 atom stereocenters. The van der Waals surface area contributed by atoms with Crippen LogP contribution in [0, 0.1) is 6.92 Å². The minimum atomic E-state index is -3.60. The van der Waals surface area contributed by atoms with Gasteiger partial charge in [-0.25, -0.2) is 8.42 Å². The molecule has 10 heteroatoms. The zero-order chi connectivity index (χ0) is 26.2. The molecule has 0 saturated carbocycles. The van der Waals surface area contributed by atoms with Crippen molar-refractivity contribution >= 4 is 50.7 Å².